The number of benzene rings is 7. The molecule has 0 bridgehead atoms. The third kappa shape index (κ3) is 5.38. The van der Waals surface area contributed by atoms with E-state index >= 15 is 0 Å². The Balaban J connectivity index is 1.26. The van der Waals surface area contributed by atoms with Crippen molar-refractivity contribution in [2.45, 2.75) is 0 Å². The van der Waals surface area contributed by atoms with Crippen LogP contribution < -0.4 is 0 Å². The Morgan fingerprint density at radius 3 is 1.08 bits per heavy atom. The van der Waals surface area contributed by atoms with Crippen LogP contribution in [0.5, 0.6) is 0 Å². The van der Waals surface area contributed by atoms with Gasteiger partial charge in [0.15, 0.2) is 17.5 Å². The summed E-state index contributed by atoms with van der Waals surface area (Å²) < 4.78 is 7.17. The van der Waals surface area contributed by atoms with E-state index in [-0.39, 0.29) is 0 Å². The van der Waals surface area contributed by atoms with Gasteiger partial charge >= 0.3 is 0 Å². The molecule has 63 heavy (non-hydrogen) atoms. The largest absolute Gasteiger partial charge is 0.305 e. The van der Waals surface area contributed by atoms with Gasteiger partial charge in [-0.3, -0.25) is 9.97 Å². The molecule has 0 spiro atoms. The lowest BCUT2D eigenvalue weighted by Gasteiger charge is -2.23. The van der Waals surface area contributed by atoms with Gasteiger partial charge in [-0.15, -0.1) is 0 Å². The maximum Gasteiger partial charge on any atom is 0.164 e. The van der Waals surface area contributed by atoms with Crippen LogP contribution in [-0.2, 0) is 0 Å². The van der Waals surface area contributed by atoms with Crippen molar-refractivity contribution in [3.05, 3.63) is 207 Å². The summed E-state index contributed by atoms with van der Waals surface area (Å²) in [5.74, 6) is 1.74. The molecule has 7 aromatic carbocycles. The smallest absolute Gasteiger partial charge is 0.164 e. The van der Waals surface area contributed by atoms with Gasteiger partial charge in [-0.1, -0.05) is 133 Å². The Bertz CT molecular complexity index is 3570. The Morgan fingerprint density at radius 2 is 0.635 bits per heavy atom. The molecular weight excluding hydrogens is 773 g/mol. The van der Waals surface area contributed by atoms with Gasteiger partial charge in [-0.2, -0.15) is 0 Å². The van der Waals surface area contributed by atoms with E-state index in [4.69, 9.17) is 24.9 Å². The molecule has 0 aliphatic heterocycles. The summed E-state index contributed by atoms with van der Waals surface area (Å²) in [6, 6.07) is 67.6. The summed E-state index contributed by atoms with van der Waals surface area (Å²) in [7, 11) is 0. The fourth-order valence-corrected chi connectivity index (χ4v) is 9.49. The van der Waals surface area contributed by atoms with E-state index in [0.29, 0.717) is 17.5 Å². The number of hydrogen-bond donors (Lipinski definition) is 0. The topological polar surface area (TPSA) is 79.2 Å². The number of aromatic nitrogens is 8. The van der Waals surface area contributed by atoms with Crippen molar-refractivity contribution < 1.29 is 0 Å². The molecule has 8 heteroatoms. The second-order valence-electron chi connectivity index (χ2n) is 15.7. The molecule has 0 aliphatic rings. The number of pyridine rings is 2. The normalized spacial score (nSPS) is 11.8. The van der Waals surface area contributed by atoms with E-state index in [0.717, 1.165) is 88.7 Å². The first-order chi connectivity index (χ1) is 31.3. The van der Waals surface area contributed by atoms with Gasteiger partial charge in [0.2, 0.25) is 0 Å². The average molecular weight is 807 g/mol. The van der Waals surface area contributed by atoms with E-state index in [2.05, 4.69) is 135 Å². The summed E-state index contributed by atoms with van der Waals surface area (Å²) in [5.41, 5.74) is 13.5. The molecule has 13 rings (SSSR count). The van der Waals surface area contributed by atoms with Crippen LogP contribution in [-0.4, -0.2) is 38.6 Å². The van der Waals surface area contributed by atoms with Crippen LogP contribution in [0.1, 0.15) is 0 Å². The molecule has 0 saturated heterocycles. The van der Waals surface area contributed by atoms with Crippen molar-refractivity contribution in [1.29, 1.82) is 0 Å². The van der Waals surface area contributed by atoms with Gasteiger partial charge in [-0.25, -0.2) is 15.0 Å². The lowest BCUT2D eigenvalue weighted by Crippen LogP contribution is -2.10. The number of para-hydroxylation sites is 4. The van der Waals surface area contributed by atoms with Crippen molar-refractivity contribution in [3.63, 3.8) is 0 Å². The predicted octanol–water partition coefficient (Wildman–Crippen LogP) is 13.0. The second kappa shape index (κ2) is 13.9. The third-order valence-corrected chi connectivity index (χ3v) is 12.2. The zero-order chi connectivity index (χ0) is 41.4. The molecule has 8 nitrogen and oxygen atoms in total. The molecule has 0 atom stereocenters. The first-order valence-electron chi connectivity index (χ1n) is 21.0. The van der Waals surface area contributed by atoms with Gasteiger partial charge in [-0.05, 0) is 60.7 Å². The first-order valence-corrected chi connectivity index (χ1v) is 21.0. The van der Waals surface area contributed by atoms with Gasteiger partial charge in [0.1, 0.15) is 0 Å². The molecular formula is C55H34N8. The minimum absolute atomic E-state index is 0.553. The lowest BCUT2D eigenvalue weighted by atomic mass is 10.1. The molecule has 0 aliphatic carbocycles. The van der Waals surface area contributed by atoms with E-state index in [1.807, 2.05) is 85.2 Å². The van der Waals surface area contributed by atoms with Crippen molar-refractivity contribution in [2.24, 2.45) is 0 Å². The highest BCUT2D eigenvalue weighted by molar-refractivity contribution is 6.12. The van der Waals surface area contributed by atoms with Crippen molar-refractivity contribution in [3.8, 4) is 51.2 Å². The number of nitrogens with zero attached hydrogens (tertiary/aromatic N) is 8. The Hall–Kier alpha value is -8.75. The molecule has 13 aromatic rings. The van der Waals surface area contributed by atoms with E-state index < -0.39 is 0 Å². The maximum atomic E-state index is 5.31. The molecule has 6 heterocycles. The molecule has 0 N–H and O–H groups in total. The van der Waals surface area contributed by atoms with Crippen LogP contribution in [0.3, 0.4) is 0 Å². The minimum Gasteiger partial charge on any atom is -0.305 e. The summed E-state index contributed by atoms with van der Waals surface area (Å²) >= 11 is 0. The molecule has 294 valence electrons. The fourth-order valence-electron chi connectivity index (χ4n) is 9.49. The van der Waals surface area contributed by atoms with Crippen molar-refractivity contribution in [2.75, 3.05) is 0 Å². The Labute approximate surface area is 360 Å². The van der Waals surface area contributed by atoms with E-state index in [1.54, 1.807) is 0 Å². The highest BCUT2D eigenvalue weighted by Gasteiger charge is 2.27. The molecule has 0 fully saturated rings. The number of fused-ring (bicyclic) bond motifs is 9. The van der Waals surface area contributed by atoms with Crippen LogP contribution in [0.25, 0.3) is 117 Å². The van der Waals surface area contributed by atoms with Crippen LogP contribution in [0.4, 0.5) is 0 Å². The summed E-state index contributed by atoms with van der Waals surface area (Å²) in [6.45, 7) is 0. The van der Waals surface area contributed by atoms with E-state index in [1.165, 1.54) is 10.8 Å². The van der Waals surface area contributed by atoms with Gasteiger partial charge in [0.05, 0.1) is 61.2 Å². The van der Waals surface area contributed by atoms with E-state index in [9.17, 15) is 0 Å². The number of rotatable bonds is 6. The molecule has 6 aromatic heterocycles. The fraction of sp³-hybridized carbons (Fsp3) is 0. The maximum absolute atomic E-state index is 5.31. The standard InChI is InChI=1S/C55H34N8/c1-3-17-35(18-4-1)53-58-54(36-19-5-2-6-20-36)60-55(59-53)37-33-48(61-44-27-13-9-23-40(44)50-46(61)29-15-31-56-50)52(63-42-25-11-7-21-38(42)39-22-8-12-26-43(39)63)49(34-37)62-45-28-14-10-24-41(45)51-47(62)30-16-32-57-51/h1-34H. The molecule has 0 radical (unpaired) electrons. The van der Waals surface area contributed by atoms with Crippen LogP contribution >= 0.6 is 0 Å². The minimum atomic E-state index is 0.553. The van der Waals surface area contributed by atoms with Crippen LogP contribution in [0.2, 0.25) is 0 Å². The summed E-state index contributed by atoms with van der Waals surface area (Å²) in [5, 5.41) is 4.46. The Morgan fingerprint density at radius 1 is 0.286 bits per heavy atom. The predicted molar refractivity (Wildman–Crippen MR) is 255 cm³/mol. The van der Waals surface area contributed by atoms with Gasteiger partial charge in [0.25, 0.3) is 0 Å². The first kappa shape index (κ1) is 35.0. The quantitative estimate of drug-likeness (QED) is 0.167. The van der Waals surface area contributed by atoms with Gasteiger partial charge in [0, 0.05) is 50.6 Å². The molecule has 0 saturated carbocycles. The Kier molecular flexibility index (Phi) is 7.74. The molecule has 0 unspecified atom stereocenters. The zero-order valence-electron chi connectivity index (χ0n) is 33.7. The van der Waals surface area contributed by atoms with Gasteiger partial charge < -0.3 is 13.7 Å². The van der Waals surface area contributed by atoms with Crippen LogP contribution in [0, 0.1) is 0 Å². The summed E-state index contributed by atoms with van der Waals surface area (Å²) in [4.78, 5) is 25.7. The highest BCUT2D eigenvalue weighted by Crippen LogP contribution is 2.44. The second-order valence-corrected chi connectivity index (χ2v) is 15.7. The molecule has 0 amide bonds. The monoisotopic (exact) mass is 806 g/mol. The lowest BCUT2D eigenvalue weighted by molar-refractivity contribution is 1.04. The average Bonchev–Trinajstić information content (AvgIpc) is 4.00. The van der Waals surface area contributed by atoms with Crippen molar-refractivity contribution >= 4 is 65.7 Å². The SMILES string of the molecule is c1ccc(-c2nc(-c3ccccc3)nc(-c3cc(-n4c5ccccc5c5ncccc54)c(-n4c5ccccc5c5ccccc54)c(-n4c5ccccc5c5ncccc54)c3)n2)cc1. The van der Waals surface area contributed by atoms with Crippen molar-refractivity contribution in [1.82, 2.24) is 38.6 Å². The summed E-state index contributed by atoms with van der Waals surface area (Å²) in [6.07, 6.45) is 3.75. The third-order valence-electron chi connectivity index (χ3n) is 12.2. The number of hydrogen-bond acceptors (Lipinski definition) is 5. The zero-order valence-corrected chi connectivity index (χ0v) is 33.7. The van der Waals surface area contributed by atoms with Crippen LogP contribution in [0.15, 0.2) is 207 Å². The highest BCUT2D eigenvalue weighted by atomic mass is 15.1.